The number of carbonyl (C=O) groups excluding carboxylic acids is 1. The van der Waals surface area contributed by atoms with Crippen LogP contribution in [0.25, 0.3) is 11.3 Å². The summed E-state index contributed by atoms with van der Waals surface area (Å²) in [6, 6.07) is 15.0. The normalized spacial score (nSPS) is 10.6. The van der Waals surface area contributed by atoms with Gasteiger partial charge in [0, 0.05) is 11.1 Å². The smallest absolute Gasteiger partial charge is 0.224 e. The van der Waals surface area contributed by atoms with Crippen LogP contribution in [-0.2, 0) is 17.8 Å². The molecule has 0 atom stereocenters. The number of halogens is 2. The summed E-state index contributed by atoms with van der Waals surface area (Å²) in [5.41, 5.74) is 1.73. The number of nitrogens with one attached hydrogen (secondary N) is 1. The third kappa shape index (κ3) is 4.00. The minimum Gasteiger partial charge on any atom is -0.356 e. The number of hydrogen-bond donors (Lipinski definition) is 1. The molecule has 0 aliphatic heterocycles. The maximum absolute atomic E-state index is 13.7. The predicted octanol–water partition coefficient (Wildman–Crippen LogP) is 3.99. The number of nitrogens with zero attached hydrogens (tertiary/aromatic N) is 1. The van der Waals surface area contributed by atoms with Gasteiger partial charge in [0.05, 0.1) is 18.5 Å². The molecule has 0 bridgehead atoms. The molecule has 0 radical (unpaired) electrons. The Morgan fingerprint density at radius 1 is 1.17 bits per heavy atom. The number of rotatable bonds is 5. The van der Waals surface area contributed by atoms with Gasteiger partial charge in [0.25, 0.3) is 0 Å². The topological polar surface area (TPSA) is 55.1 Å². The van der Waals surface area contributed by atoms with Crippen molar-refractivity contribution in [2.24, 2.45) is 0 Å². The first kappa shape index (κ1) is 16.2. The Labute approximate surface area is 143 Å². The Morgan fingerprint density at radius 3 is 2.67 bits per heavy atom. The van der Waals surface area contributed by atoms with Crippen molar-refractivity contribution in [3.8, 4) is 11.3 Å². The lowest BCUT2D eigenvalue weighted by atomic mass is 10.1. The zero-order valence-electron chi connectivity index (χ0n) is 12.6. The summed E-state index contributed by atoms with van der Waals surface area (Å²) in [6.45, 7) is 0.213. The van der Waals surface area contributed by atoms with E-state index in [-0.39, 0.29) is 24.7 Å². The Balaban J connectivity index is 1.58. The van der Waals surface area contributed by atoms with Gasteiger partial charge in [-0.2, -0.15) is 0 Å². The standard InChI is InChI=1S/C18H14ClFN2O2/c19-13-7-5-12(6-8-13)9-18(23)21-11-14-10-17(24-22-14)15-3-1-2-4-16(15)20/h1-8,10H,9,11H2,(H,21,23). The van der Waals surface area contributed by atoms with Crippen molar-refractivity contribution in [3.63, 3.8) is 0 Å². The summed E-state index contributed by atoms with van der Waals surface area (Å²) >= 11 is 5.81. The lowest BCUT2D eigenvalue weighted by molar-refractivity contribution is -0.120. The van der Waals surface area contributed by atoms with Crippen molar-refractivity contribution < 1.29 is 13.7 Å². The van der Waals surface area contributed by atoms with Gasteiger partial charge < -0.3 is 9.84 Å². The Bertz CT molecular complexity index is 846. The Hall–Kier alpha value is -2.66. The van der Waals surface area contributed by atoms with Crippen LogP contribution in [0.2, 0.25) is 5.02 Å². The van der Waals surface area contributed by atoms with Crippen molar-refractivity contribution in [1.82, 2.24) is 10.5 Å². The van der Waals surface area contributed by atoms with Crippen LogP contribution in [0.15, 0.2) is 59.1 Å². The summed E-state index contributed by atoms with van der Waals surface area (Å²) in [7, 11) is 0. The molecular weight excluding hydrogens is 331 g/mol. The fourth-order valence-electron chi connectivity index (χ4n) is 2.22. The monoisotopic (exact) mass is 344 g/mol. The number of amides is 1. The Morgan fingerprint density at radius 2 is 1.92 bits per heavy atom. The van der Waals surface area contributed by atoms with Crippen LogP contribution in [-0.4, -0.2) is 11.1 Å². The minimum absolute atomic E-state index is 0.146. The molecule has 3 rings (SSSR count). The average Bonchev–Trinajstić information content (AvgIpc) is 3.04. The van der Waals surface area contributed by atoms with E-state index in [4.69, 9.17) is 16.1 Å². The lowest BCUT2D eigenvalue weighted by Gasteiger charge is -2.03. The molecule has 0 unspecified atom stereocenters. The summed E-state index contributed by atoms with van der Waals surface area (Å²) < 4.78 is 18.8. The van der Waals surface area contributed by atoms with Crippen LogP contribution in [0, 0.1) is 5.82 Å². The van der Waals surface area contributed by atoms with Crippen molar-refractivity contribution in [3.05, 3.63) is 76.7 Å². The van der Waals surface area contributed by atoms with Gasteiger partial charge in [-0.25, -0.2) is 4.39 Å². The molecule has 1 amide bonds. The van der Waals surface area contributed by atoms with Crippen molar-refractivity contribution in [2.75, 3.05) is 0 Å². The van der Waals surface area contributed by atoms with Gasteiger partial charge in [-0.3, -0.25) is 4.79 Å². The predicted molar refractivity (Wildman–Crippen MR) is 88.9 cm³/mol. The van der Waals surface area contributed by atoms with E-state index in [0.29, 0.717) is 22.0 Å². The highest BCUT2D eigenvalue weighted by Crippen LogP contribution is 2.23. The molecule has 0 saturated carbocycles. The fraction of sp³-hybridized carbons (Fsp3) is 0.111. The van der Waals surface area contributed by atoms with E-state index < -0.39 is 0 Å². The molecule has 3 aromatic rings. The van der Waals surface area contributed by atoms with E-state index in [1.165, 1.54) is 6.07 Å². The van der Waals surface area contributed by atoms with E-state index in [1.807, 2.05) is 0 Å². The molecule has 0 aliphatic carbocycles. The average molecular weight is 345 g/mol. The molecule has 0 aliphatic rings. The largest absolute Gasteiger partial charge is 0.356 e. The number of aromatic nitrogens is 1. The van der Waals surface area contributed by atoms with Crippen LogP contribution in [0.5, 0.6) is 0 Å². The molecule has 4 nitrogen and oxygen atoms in total. The van der Waals surface area contributed by atoms with Crippen LogP contribution in [0.3, 0.4) is 0 Å². The second-order valence-electron chi connectivity index (χ2n) is 5.24. The molecular formula is C18H14ClFN2O2. The van der Waals surface area contributed by atoms with E-state index in [1.54, 1.807) is 48.5 Å². The highest BCUT2D eigenvalue weighted by Gasteiger charge is 2.11. The van der Waals surface area contributed by atoms with Gasteiger partial charge in [-0.05, 0) is 29.8 Å². The summed E-state index contributed by atoms with van der Waals surface area (Å²) in [4.78, 5) is 11.9. The van der Waals surface area contributed by atoms with Gasteiger partial charge in [-0.15, -0.1) is 0 Å². The highest BCUT2D eigenvalue weighted by molar-refractivity contribution is 6.30. The second kappa shape index (κ2) is 7.27. The first-order chi connectivity index (χ1) is 11.6. The zero-order chi connectivity index (χ0) is 16.9. The van der Waals surface area contributed by atoms with Crippen LogP contribution >= 0.6 is 11.6 Å². The third-order valence-corrected chi connectivity index (χ3v) is 3.69. The van der Waals surface area contributed by atoms with Gasteiger partial charge in [-0.1, -0.05) is 41.0 Å². The number of benzene rings is 2. The molecule has 24 heavy (non-hydrogen) atoms. The fourth-order valence-corrected chi connectivity index (χ4v) is 2.35. The molecule has 1 aromatic heterocycles. The SMILES string of the molecule is O=C(Cc1ccc(Cl)cc1)NCc1cc(-c2ccccc2F)on1. The van der Waals surface area contributed by atoms with E-state index in [9.17, 15) is 9.18 Å². The first-order valence-electron chi connectivity index (χ1n) is 7.33. The summed E-state index contributed by atoms with van der Waals surface area (Å²) in [6.07, 6.45) is 0.245. The number of hydrogen-bond acceptors (Lipinski definition) is 3. The molecule has 1 heterocycles. The maximum Gasteiger partial charge on any atom is 0.224 e. The third-order valence-electron chi connectivity index (χ3n) is 3.44. The zero-order valence-corrected chi connectivity index (χ0v) is 13.4. The van der Waals surface area contributed by atoms with Crippen LogP contribution < -0.4 is 5.32 Å². The minimum atomic E-state index is -0.382. The molecule has 0 saturated heterocycles. The first-order valence-corrected chi connectivity index (χ1v) is 7.71. The van der Waals surface area contributed by atoms with Crippen LogP contribution in [0.4, 0.5) is 4.39 Å². The van der Waals surface area contributed by atoms with E-state index in [0.717, 1.165) is 5.56 Å². The highest BCUT2D eigenvalue weighted by atomic mass is 35.5. The van der Waals surface area contributed by atoms with Gasteiger partial charge in [0.15, 0.2) is 5.76 Å². The van der Waals surface area contributed by atoms with Crippen molar-refractivity contribution in [1.29, 1.82) is 0 Å². The Kier molecular flexibility index (Phi) is 4.91. The van der Waals surface area contributed by atoms with E-state index >= 15 is 0 Å². The van der Waals surface area contributed by atoms with Gasteiger partial charge in [0.2, 0.25) is 5.91 Å². The quantitative estimate of drug-likeness (QED) is 0.761. The number of carbonyl (C=O) groups is 1. The second-order valence-corrected chi connectivity index (χ2v) is 5.68. The molecule has 122 valence electrons. The van der Waals surface area contributed by atoms with Crippen molar-refractivity contribution >= 4 is 17.5 Å². The van der Waals surface area contributed by atoms with Crippen LogP contribution in [0.1, 0.15) is 11.3 Å². The molecule has 2 aromatic carbocycles. The van der Waals surface area contributed by atoms with Gasteiger partial charge in [0.1, 0.15) is 11.5 Å². The van der Waals surface area contributed by atoms with E-state index in [2.05, 4.69) is 10.5 Å². The van der Waals surface area contributed by atoms with Gasteiger partial charge >= 0.3 is 0 Å². The maximum atomic E-state index is 13.7. The molecule has 1 N–H and O–H groups in total. The molecule has 0 fully saturated rings. The summed E-state index contributed by atoms with van der Waals surface area (Å²) in [5.74, 6) is -0.199. The molecule has 6 heteroatoms. The lowest BCUT2D eigenvalue weighted by Crippen LogP contribution is -2.24. The molecule has 0 spiro atoms. The van der Waals surface area contributed by atoms with Crippen molar-refractivity contribution in [2.45, 2.75) is 13.0 Å². The summed E-state index contributed by atoms with van der Waals surface area (Å²) in [5, 5.41) is 7.23.